The number of likely N-dealkylation sites (N-methyl/N-ethyl adjacent to an activating group) is 2. The highest BCUT2D eigenvalue weighted by Crippen LogP contribution is 2.22. The van der Waals surface area contributed by atoms with Crippen LogP contribution in [0.1, 0.15) is 5.89 Å². The molecule has 1 heterocycles. The van der Waals surface area contributed by atoms with E-state index in [0.29, 0.717) is 36.4 Å². The fourth-order valence-electron chi connectivity index (χ4n) is 2.69. The summed E-state index contributed by atoms with van der Waals surface area (Å²) in [5.74, 6) is 3.35. The summed E-state index contributed by atoms with van der Waals surface area (Å²) >= 11 is 1.68. The van der Waals surface area contributed by atoms with Crippen molar-refractivity contribution in [1.29, 1.82) is 0 Å². The van der Waals surface area contributed by atoms with Gasteiger partial charge in [-0.2, -0.15) is 0 Å². The van der Waals surface area contributed by atoms with Crippen molar-refractivity contribution >= 4 is 23.5 Å². The number of amides is 2. The van der Waals surface area contributed by atoms with Gasteiger partial charge in [0.2, 0.25) is 11.8 Å². The minimum atomic E-state index is -0.145. The van der Waals surface area contributed by atoms with Crippen LogP contribution in [0.25, 0.3) is 11.5 Å². The number of hydrogen-bond donors (Lipinski definition) is 1. The maximum Gasteiger partial charge on any atom is 0.321 e. The monoisotopic (exact) mass is 455 g/mol. The fourth-order valence-corrected chi connectivity index (χ4v) is 3.33. The standard InChI is InChI=1S/C23H29N5O3S/c1-27(2)13-14-28(3)23(29)24-19-11-9-18(10-12-19)22-26-25-21(31-22)17-32-16-15-30-20-7-5-4-6-8-20/h4-12H,13-17H2,1-3H3,(H,24,29). The summed E-state index contributed by atoms with van der Waals surface area (Å²) in [6.45, 7) is 2.08. The van der Waals surface area contributed by atoms with Crippen molar-refractivity contribution in [3.8, 4) is 17.2 Å². The molecule has 0 aliphatic heterocycles. The molecule has 0 atom stereocenters. The van der Waals surface area contributed by atoms with Crippen LogP contribution in [-0.2, 0) is 5.75 Å². The molecule has 0 unspecified atom stereocenters. The third kappa shape index (κ3) is 7.58. The highest BCUT2D eigenvalue weighted by Gasteiger charge is 2.11. The van der Waals surface area contributed by atoms with Crippen molar-refractivity contribution in [2.24, 2.45) is 0 Å². The van der Waals surface area contributed by atoms with Gasteiger partial charge in [-0.25, -0.2) is 4.79 Å². The molecule has 0 aliphatic rings. The Bertz CT molecular complexity index is 963. The van der Waals surface area contributed by atoms with Crippen molar-refractivity contribution in [1.82, 2.24) is 20.0 Å². The van der Waals surface area contributed by atoms with Gasteiger partial charge in [0, 0.05) is 37.1 Å². The van der Waals surface area contributed by atoms with E-state index in [1.807, 2.05) is 73.6 Å². The van der Waals surface area contributed by atoms with Crippen molar-refractivity contribution in [3.05, 3.63) is 60.5 Å². The molecule has 3 aromatic rings. The predicted molar refractivity (Wildman–Crippen MR) is 128 cm³/mol. The second-order valence-electron chi connectivity index (χ2n) is 7.45. The number of carbonyl (C=O) groups excluding carboxylic acids is 1. The average Bonchev–Trinajstić information content (AvgIpc) is 3.27. The zero-order valence-electron chi connectivity index (χ0n) is 18.7. The predicted octanol–water partition coefficient (Wildman–Crippen LogP) is 4.07. The molecule has 0 spiro atoms. The highest BCUT2D eigenvalue weighted by atomic mass is 32.2. The topological polar surface area (TPSA) is 83.7 Å². The maximum atomic E-state index is 12.3. The first-order valence-corrected chi connectivity index (χ1v) is 11.5. The molecule has 2 aromatic carbocycles. The summed E-state index contributed by atoms with van der Waals surface area (Å²) in [5, 5.41) is 11.1. The lowest BCUT2D eigenvalue weighted by molar-refractivity contribution is 0.217. The molecule has 9 heteroatoms. The number of para-hydroxylation sites is 1. The minimum Gasteiger partial charge on any atom is -0.493 e. The van der Waals surface area contributed by atoms with Crippen LogP contribution >= 0.6 is 11.8 Å². The van der Waals surface area contributed by atoms with Gasteiger partial charge in [-0.3, -0.25) is 0 Å². The third-order valence-corrected chi connectivity index (χ3v) is 5.45. The van der Waals surface area contributed by atoms with Gasteiger partial charge in [0.25, 0.3) is 0 Å². The van der Waals surface area contributed by atoms with Crippen LogP contribution in [0.5, 0.6) is 5.75 Å². The number of nitrogens with zero attached hydrogens (tertiary/aromatic N) is 4. The number of nitrogens with one attached hydrogen (secondary N) is 1. The summed E-state index contributed by atoms with van der Waals surface area (Å²) in [6, 6.07) is 17.0. The lowest BCUT2D eigenvalue weighted by atomic mass is 10.2. The van der Waals surface area contributed by atoms with Gasteiger partial charge in [0.15, 0.2) is 0 Å². The largest absolute Gasteiger partial charge is 0.493 e. The van der Waals surface area contributed by atoms with E-state index in [0.717, 1.165) is 23.6 Å². The molecule has 1 N–H and O–H groups in total. The van der Waals surface area contributed by atoms with E-state index in [4.69, 9.17) is 9.15 Å². The van der Waals surface area contributed by atoms with Crippen LogP contribution in [0, 0.1) is 0 Å². The molecule has 2 amide bonds. The normalized spacial score (nSPS) is 10.9. The molecule has 32 heavy (non-hydrogen) atoms. The Hall–Kier alpha value is -3.04. The molecule has 0 aliphatic carbocycles. The summed E-state index contributed by atoms with van der Waals surface area (Å²) in [7, 11) is 5.73. The number of rotatable bonds is 11. The quantitative estimate of drug-likeness (QED) is 0.436. The molecule has 8 nitrogen and oxygen atoms in total. The van der Waals surface area contributed by atoms with Crippen molar-refractivity contribution in [2.75, 3.05) is 51.9 Å². The Morgan fingerprint density at radius 1 is 1.03 bits per heavy atom. The van der Waals surface area contributed by atoms with Gasteiger partial charge in [-0.1, -0.05) is 18.2 Å². The van der Waals surface area contributed by atoms with Crippen molar-refractivity contribution in [3.63, 3.8) is 0 Å². The summed E-state index contributed by atoms with van der Waals surface area (Å²) in [5.41, 5.74) is 1.52. The van der Waals surface area contributed by atoms with Crippen molar-refractivity contribution in [2.45, 2.75) is 5.75 Å². The van der Waals surface area contributed by atoms with Crippen LogP contribution in [0.15, 0.2) is 59.0 Å². The van der Waals surface area contributed by atoms with Gasteiger partial charge in [0.05, 0.1) is 12.4 Å². The van der Waals surface area contributed by atoms with Crippen LogP contribution in [0.2, 0.25) is 0 Å². The smallest absolute Gasteiger partial charge is 0.321 e. The molecule has 3 rings (SSSR count). The number of anilines is 1. The zero-order chi connectivity index (χ0) is 22.8. The van der Waals surface area contributed by atoms with Crippen LogP contribution < -0.4 is 10.1 Å². The van der Waals surface area contributed by atoms with Gasteiger partial charge >= 0.3 is 6.03 Å². The first kappa shape index (κ1) is 23.6. The Balaban J connectivity index is 1.42. The summed E-state index contributed by atoms with van der Waals surface area (Å²) < 4.78 is 11.4. The molecule has 170 valence electrons. The lowest BCUT2D eigenvalue weighted by Gasteiger charge is -2.20. The number of thioether (sulfide) groups is 1. The Labute approximate surface area is 192 Å². The number of ether oxygens (including phenoxy) is 1. The van der Waals surface area contributed by atoms with Gasteiger partial charge in [-0.05, 0) is 50.5 Å². The molecular weight excluding hydrogens is 426 g/mol. The van der Waals surface area contributed by atoms with E-state index in [2.05, 4.69) is 15.5 Å². The maximum absolute atomic E-state index is 12.3. The van der Waals surface area contributed by atoms with Crippen molar-refractivity contribution < 1.29 is 13.9 Å². The number of hydrogen-bond acceptors (Lipinski definition) is 7. The van der Waals surface area contributed by atoms with Crippen LogP contribution in [0.4, 0.5) is 10.5 Å². The van der Waals surface area contributed by atoms with E-state index in [9.17, 15) is 4.79 Å². The lowest BCUT2D eigenvalue weighted by Crippen LogP contribution is -2.36. The molecule has 0 saturated heterocycles. The molecule has 1 aromatic heterocycles. The van der Waals surface area contributed by atoms with E-state index in [-0.39, 0.29) is 6.03 Å². The zero-order valence-corrected chi connectivity index (χ0v) is 19.5. The Morgan fingerprint density at radius 3 is 2.50 bits per heavy atom. The minimum absolute atomic E-state index is 0.145. The Morgan fingerprint density at radius 2 is 1.78 bits per heavy atom. The third-order valence-electron chi connectivity index (χ3n) is 4.54. The second kappa shape index (κ2) is 12.1. The molecule has 0 saturated carbocycles. The van der Waals surface area contributed by atoms with Gasteiger partial charge < -0.3 is 24.3 Å². The SMILES string of the molecule is CN(C)CCN(C)C(=O)Nc1ccc(-c2nnc(CSCCOc3ccccc3)o2)cc1. The molecular formula is C23H29N5O3S. The average molecular weight is 456 g/mol. The molecule has 0 fully saturated rings. The van der Waals surface area contributed by atoms with Gasteiger partial charge in [-0.15, -0.1) is 22.0 Å². The van der Waals surface area contributed by atoms with E-state index in [1.165, 1.54) is 0 Å². The number of benzene rings is 2. The fraction of sp³-hybridized carbons (Fsp3) is 0.348. The van der Waals surface area contributed by atoms with Crippen LogP contribution in [-0.4, -0.2) is 72.6 Å². The van der Waals surface area contributed by atoms with E-state index in [1.54, 1.807) is 23.7 Å². The first-order chi connectivity index (χ1) is 15.5. The molecule has 0 radical (unpaired) electrons. The number of urea groups is 1. The Kier molecular flexibility index (Phi) is 8.94. The summed E-state index contributed by atoms with van der Waals surface area (Å²) in [6.07, 6.45) is 0. The van der Waals surface area contributed by atoms with Gasteiger partial charge in [0.1, 0.15) is 5.75 Å². The second-order valence-corrected chi connectivity index (χ2v) is 8.55. The van der Waals surface area contributed by atoms with E-state index >= 15 is 0 Å². The summed E-state index contributed by atoms with van der Waals surface area (Å²) in [4.78, 5) is 15.9. The highest BCUT2D eigenvalue weighted by molar-refractivity contribution is 7.98. The van der Waals surface area contributed by atoms with Crippen LogP contribution in [0.3, 0.4) is 0 Å². The molecule has 0 bridgehead atoms. The first-order valence-electron chi connectivity index (χ1n) is 10.4. The number of carbonyl (C=O) groups is 1. The van der Waals surface area contributed by atoms with E-state index < -0.39 is 0 Å². The number of aromatic nitrogens is 2.